The second kappa shape index (κ2) is 4.94. The Morgan fingerprint density at radius 2 is 1.79 bits per heavy atom. The standard InChI is InChI=1S/C16H14N2S/c1-11-16(19-12(2)17-11)10-9-14-8-7-13-5-3-4-6-15(13)18-14/h3-10H,1-2H3. The first-order valence-corrected chi connectivity index (χ1v) is 7.02. The molecule has 3 aromatic rings. The molecule has 0 bridgehead atoms. The quantitative estimate of drug-likeness (QED) is 0.683. The lowest BCUT2D eigenvalue weighted by Crippen LogP contribution is -1.82. The SMILES string of the molecule is Cc1nc(C)c(C=Cc2ccc3ccccc3n2)s1. The summed E-state index contributed by atoms with van der Waals surface area (Å²) in [5.41, 5.74) is 3.09. The molecule has 0 aliphatic heterocycles. The lowest BCUT2D eigenvalue weighted by molar-refractivity contribution is 1.20. The van der Waals surface area contributed by atoms with Gasteiger partial charge in [0.05, 0.1) is 26.8 Å². The van der Waals surface area contributed by atoms with Crippen LogP contribution in [-0.4, -0.2) is 9.97 Å². The van der Waals surface area contributed by atoms with Crippen molar-refractivity contribution in [1.29, 1.82) is 0 Å². The van der Waals surface area contributed by atoms with Gasteiger partial charge < -0.3 is 0 Å². The highest BCUT2D eigenvalue weighted by atomic mass is 32.1. The van der Waals surface area contributed by atoms with Gasteiger partial charge in [0.2, 0.25) is 0 Å². The van der Waals surface area contributed by atoms with E-state index in [1.807, 2.05) is 44.2 Å². The van der Waals surface area contributed by atoms with E-state index in [0.29, 0.717) is 0 Å². The molecule has 1 aromatic carbocycles. The van der Waals surface area contributed by atoms with Gasteiger partial charge in [0.1, 0.15) is 0 Å². The van der Waals surface area contributed by atoms with Gasteiger partial charge >= 0.3 is 0 Å². The summed E-state index contributed by atoms with van der Waals surface area (Å²) in [6.45, 7) is 4.07. The normalized spacial score (nSPS) is 11.5. The molecule has 0 saturated heterocycles. The highest BCUT2D eigenvalue weighted by molar-refractivity contribution is 7.12. The predicted molar refractivity (Wildman–Crippen MR) is 82.3 cm³/mol. The number of benzene rings is 1. The van der Waals surface area contributed by atoms with Crippen LogP contribution >= 0.6 is 11.3 Å². The highest BCUT2D eigenvalue weighted by Crippen LogP contribution is 2.20. The minimum absolute atomic E-state index is 0.976. The molecule has 0 saturated carbocycles. The molecule has 94 valence electrons. The molecule has 0 unspecified atom stereocenters. The van der Waals surface area contributed by atoms with E-state index in [0.717, 1.165) is 21.9 Å². The molecule has 0 N–H and O–H groups in total. The summed E-state index contributed by atoms with van der Waals surface area (Å²) >= 11 is 1.71. The van der Waals surface area contributed by atoms with Crippen molar-refractivity contribution in [3.05, 3.63) is 57.7 Å². The summed E-state index contributed by atoms with van der Waals surface area (Å²) < 4.78 is 0. The van der Waals surface area contributed by atoms with E-state index in [-0.39, 0.29) is 0 Å². The van der Waals surface area contributed by atoms with E-state index < -0.39 is 0 Å². The highest BCUT2D eigenvalue weighted by Gasteiger charge is 2.01. The zero-order chi connectivity index (χ0) is 13.2. The predicted octanol–water partition coefficient (Wildman–Crippen LogP) is 4.48. The monoisotopic (exact) mass is 266 g/mol. The fraction of sp³-hybridized carbons (Fsp3) is 0.125. The van der Waals surface area contributed by atoms with Crippen molar-refractivity contribution >= 4 is 34.4 Å². The number of para-hydroxylation sites is 1. The number of thiazole rings is 1. The zero-order valence-corrected chi connectivity index (χ0v) is 11.7. The van der Waals surface area contributed by atoms with E-state index >= 15 is 0 Å². The van der Waals surface area contributed by atoms with Gasteiger partial charge in [-0.1, -0.05) is 24.3 Å². The zero-order valence-electron chi connectivity index (χ0n) is 10.9. The van der Waals surface area contributed by atoms with Crippen LogP contribution in [0.3, 0.4) is 0 Å². The van der Waals surface area contributed by atoms with Crippen molar-refractivity contribution in [1.82, 2.24) is 9.97 Å². The Bertz CT molecular complexity index is 756. The van der Waals surface area contributed by atoms with E-state index in [9.17, 15) is 0 Å². The van der Waals surface area contributed by atoms with E-state index in [4.69, 9.17) is 0 Å². The maximum Gasteiger partial charge on any atom is 0.0903 e. The van der Waals surface area contributed by atoms with Gasteiger partial charge in [-0.2, -0.15) is 0 Å². The third kappa shape index (κ3) is 2.56. The van der Waals surface area contributed by atoms with Gasteiger partial charge in [-0.15, -0.1) is 11.3 Å². The van der Waals surface area contributed by atoms with Crippen LogP contribution in [0.4, 0.5) is 0 Å². The maximum absolute atomic E-state index is 4.62. The van der Waals surface area contributed by atoms with Crippen molar-refractivity contribution < 1.29 is 0 Å². The number of pyridine rings is 1. The molecule has 2 heterocycles. The topological polar surface area (TPSA) is 25.8 Å². The van der Waals surface area contributed by atoms with Gasteiger partial charge in [0.15, 0.2) is 0 Å². The first-order valence-electron chi connectivity index (χ1n) is 6.20. The second-order valence-corrected chi connectivity index (χ2v) is 5.68. The summed E-state index contributed by atoms with van der Waals surface area (Å²) in [7, 11) is 0. The average Bonchev–Trinajstić information content (AvgIpc) is 2.74. The smallest absolute Gasteiger partial charge is 0.0903 e. The van der Waals surface area contributed by atoms with Crippen molar-refractivity contribution in [3.8, 4) is 0 Å². The third-order valence-corrected chi connectivity index (χ3v) is 4.00. The number of nitrogens with zero attached hydrogens (tertiary/aromatic N) is 2. The van der Waals surface area contributed by atoms with Gasteiger partial charge in [0, 0.05) is 5.39 Å². The van der Waals surface area contributed by atoms with Crippen molar-refractivity contribution in [2.75, 3.05) is 0 Å². The molecule has 2 aromatic heterocycles. The van der Waals surface area contributed by atoms with Crippen LogP contribution in [0.25, 0.3) is 23.1 Å². The maximum atomic E-state index is 4.62. The Kier molecular flexibility index (Phi) is 3.13. The van der Waals surface area contributed by atoms with Crippen molar-refractivity contribution in [3.63, 3.8) is 0 Å². The molecule has 0 aliphatic carbocycles. The van der Waals surface area contributed by atoms with E-state index in [2.05, 4.69) is 28.2 Å². The molecule has 0 fully saturated rings. The van der Waals surface area contributed by atoms with Crippen LogP contribution in [0.15, 0.2) is 36.4 Å². The number of hydrogen-bond acceptors (Lipinski definition) is 3. The molecule has 0 radical (unpaired) electrons. The largest absolute Gasteiger partial charge is 0.248 e. The van der Waals surface area contributed by atoms with E-state index in [1.54, 1.807) is 11.3 Å². The number of fused-ring (bicyclic) bond motifs is 1. The number of aryl methyl sites for hydroxylation is 2. The summed E-state index contributed by atoms with van der Waals surface area (Å²) in [5, 5.41) is 2.27. The van der Waals surface area contributed by atoms with Gasteiger partial charge in [-0.3, -0.25) is 0 Å². The summed E-state index contributed by atoms with van der Waals surface area (Å²) in [4.78, 5) is 10.2. The molecule has 19 heavy (non-hydrogen) atoms. The molecule has 3 heteroatoms. The molecular weight excluding hydrogens is 252 g/mol. The Hall–Kier alpha value is -2.00. The average molecular weight is 266 g/mol. The molecule has 0 amide bonds. The lowest BCUT2D eigenvalue weighted by Gasteiger charge is -1.98. The Labute approximate surface area is 116 Å². The van der Waals surface area contributed by atoms with Gasteiger partial charge in [-0.05, 0) is 38.1 Å². The third-order valence-electron chi connectivity index (χ3n) is 2.96. The molecular formula is C16H14N2S. The molecule has 0 atom stereocenters. The van der Waals surface area contributed by atoms with Crippen LogP contribution < -0.4 is 0 Å². The first-order chi connectivity index (χ1) is 9.22. The van der Waals surface area contributed by atoms with Gasteiger partial charge in [-0.25, -0.2) is 9.97 Å². The van der Waals surface area contributed by atoms with Gasteiger partial charge in [0.25, 0.3) is 0 Å². The fourth-order valence-corrected chi connectivity index (χ4v) is 2.87. The van der Waals surface area contributed by atoms with Crippen LogP contribution in [0.2, 0.25) is 0 Å². The fourth-order valence-electron chi connectivity index (χ4n) is 2.04. The Morgan fingerprint density at radius 3 is 2.58 bits per heavy atom. The number of aromatic nitrogens is 2. The molecule has 0 spiro atoms. The van der Waals surface area contributed by atoms with Crippen LogP contribution in [-0.2, 0) is 0 Å². The van der Waals surface area contributed by atoms with Crippen LogP contribution in [0.5, 0.6) is 0 Å². The minimum atomic E-state index is 0.976. The van der Waals surface area contributed by atoms with Crippen LogP contribution in [0, 0.1) is 13.8 Å². The van der Waals surface area contributed by atoms with Crippen molar-refractivity contribution in [2.24, 2.45) is 0 Å². The second-order valence-electron chi connectivity index (χ2n) is 4.44. The molecule has 0 aliphatic rings. The Balaban J connectivity index is 1.94. The summed E-state index contributed by atoms with van der Waals surface area (Å²) in [6.07, 6.45) is 4.14. The number of hydrogen-bond donors (Lipinski definition) is 0. The minimum Gasteiger partial charge on any atom is -0.248 e. The van der Waals surface area contributed by atoms with Crippen molar-refractivity contribution in [2.45, 2.75) is 13.8 Å². The summed E-state index contributed by atoms with van der Waals surface area (Å²) in [6, 6.07) is 12.3. The number of rotatable bonds is 2. The Morgan fingerprint density at radius 1 is 0.947 bits per heavy atom. The molecule has 2 nitrogen and oxygen atoms in total. The lowest BCUT2D eigenvalue weighted by atomic mass is 10.2. The molecule has 3 rings (SSSR count). The first kappa shape index (κ1) is 12.1. The van der Waals surface area contributed by atoms with Crippen LogP contribution in [0.1, 0.15) is 21.3 Å². The van der Waals surface area contributed by atoms with E-state index in [1.165, 1.54) is 10.3 Å². The summed E-state index contributed by atoms with van der Waals surface area (Å²) in [5.74, 6) is 0.